The second kappa shape index (κ2) is 8.66. The Morgan fingerprint density at radius 3 is 2.65 bits per heavy atom. The summed E-state index contributed by atoms with van der Waals surface area (Å²) < 4.78 is 32.1. The highest BCUT2D eigenvalue weighted by molar-refractivity contribution is 5.74. The maximum atomic E-state index is 13.4. The van der Waals surface area contributed by atoms with Crippen LogP contribution in [0.25, 0.3) is 0 Å². The van der Waals surface area contributed by atoms with Crippen LogP contribution < -0.4 is 10.2 Å². The number of hydrogen-bond acceptors (Lipinski definition) is 3. The van der Waals surface area contributed by atoms with Crippen LogP contribution in [0, 0.1) is 17.6 Å². The zero-order chi connectivity index (χ0) is 18.5. The molecule has 0 saturated carbocycles. The number of benzene rings is 1. The van der Waals surface area contributed by atoms with Gasteiger partial charge in [0.15, 0.2) is 11.6 Å². The van der Waals surface area contributed by atoms with Crippen molar-refractivity contribution in [2.45, 2.75) is 32.3 Å². The van der Waals surface area contributed by atoms with Gasteiger partial charge in [-0.3, -0.25) is 0 Å². The third kappa shape index (κ3) is 4.63. The number of anilines is 1. The fourth-order valence-electron chi connectivity index (χ4n) is 3.72. The van der Waals surface area contributed by atoms with Crippen LogP contribution in [0.3, 0.4) is 0 Å². The Hall–Kier alpha value is -1.89. The molecule has 5 nitrogen and oxygen atoms in total. The van der Waals surface area contributed by atoms with Crippen LogP contribution in [-0.4, -0.2) is 56.4 Å². The molecule has 2 saturated heterocycles. The molecule has 0 aromatic heterocycles. The molecule has 2 amide bonds. The molecule has 1 unspecified atom stereocenters. The summed E-state index contributed by atoms with van der Waals surface area (Å²) in [6.45, 7) is 6.27. The first-order chi connectivity index (χ1) is 12.6. The Morgan fingerprint density at radius 1 is 1.19 bits per heavy atom. The molecule has 0 spiro atoms. The van der Waals surface area contributed by atoms with Crippen molar-refractivity contribution >= 4 is 11.7 Å². The smallest absolute Gasteiger partial charge is 0.317 e. The summed E-state index contributed by atoms with van der Waals surface area (Å²) in [6.07, 6.45) is 2.96. The lowest BCUT2D eigenvalue weighted by Crippen LogP contribution is -2.47. The number of rotatable bonds is 5. The quantitative estimate of drug-likeness (QED) is 0.870. The van der Waals surface area contributed by atoms with Crippen LogP contribution in [0.4, 0.5) is 19.3 Å². The van der Waals surface area contributed by atoms with Crippen molar-refractivity contribution in [1.29, 1.82) is 0 Å². The number of likely N-dealkylation sites (tertiary alicyclic amines) is 1. The van der Waals surface area contributed by atoms with E-state index in [2.05, 4.69) is 5.32 Å². The minimum absolute atomic E-state index is 0.0220. The molecular formula is C19H27F2N3O2. The Morgan fingerprint density at radius 2 is 1.96 bits per heavy atom. The first-order valence-electron chi connectivity index (χ1n) is 9.41. The van der Waals surface area contributed by atoms with E-state index in [1.807, 2.05) is 16.7 Å². The van der Waals surface area contributed by atoms with Gasteiger partial charge in [0.1, 0.15) is 0 Å². The fourth-order valence-corrected chi connectivity index (χ4v) is 3.72. The molecule has 2 fully saturated rings. The molecule has 2 aliphatic heterocycles. The second-order valence-electron chi connectivity index (χ2n) is 7.03. The molecule has 0 aliphatic carbocycles. The molecule has 0 bridgehead atoms. The average molecular weight is 367 g/mol. The Balaban J connectivity index is 1.42. The zero-order valence-corrected chi connectivity index (χ0v) is 15.2. The summed E-state index contributed by atoms with van der Waals surface area (Å²) in [4.78, 5) is 16.2. The largest absolute Gasteiger partial charge is 0.378 e. The highest BCUT2D eigenvalue weighted by Crippen LogP contribution is 2.25. The fraction of sp³-hybridized carbons (Fsp3) is 0.632. The second-order valence-corrected chi connectivity index (χ2v) is 7.03. The lowest BCUT2D eigenvalue weighted by molar-refractivity contribution is 0.0219. The first-order valence-corrected chi connectivity index (χ1v) is 9.41. The van der Waals surface area contributed by atoms with Crippen LogP contribution >= 0.6 is 0 Å². The standard InChI is InChI=1S/C19H27F2N3O2/c1-2-26-16-6-9-23(10-7-16)19(25)22-12-14-5-8-24(13-14)15-3-4-17(20)18(21)11-15/h3-4,11,14,16H,2,5-10,12-13H2,1H3,(H,22,25). The topological polar surface area (TPSA) is 44.8 Å². The number of amides is 2. The van der Waals surface area contributed by atoms with Crippen LogP contribution in [0.2, 0.25) is 0 Å². The van der Waals surface area contributed by atoms with Gasteiger partial charge in [-0.25, -0.2) is 13.6 Å². The Kier molecular flexibility index (Phi) is 6.29. The Bertz CT molecular complexity index is 621. The summed E-state index contributed by atoms with van der Waals surface area (Å²) in [7, 11) is 0. The van der Waals surface area contributed by atoms with Gasteiger partial charge in [0.05, 0.1) is 6.10 Å². The summed E-state index contributed by atoms with van der Waals surface area (Å²) in [5, 5.41) is 3.02. The minimum atomic E-state index is -0.829. The van der Waals surface area contributed by atoms with E-state index in [0.29, 0.717) is 24.8 Å². The van der Waals surface area contributed by atoms with E-state index in [-0.39, 0.29) is 12.1 Å². The van der Waals surface area contributed by atoms with Gasteiger partial charge in [0.2, 0.25) is 0 Å². The van der Waals surface area contributed by atoms with Crippen molar-refractivity contribution in [3.8, 4) is 0 Å². The SMILES string of the molecule is CCOC1CCN(C(=O)NCC2CCN(c3ccc(F)c(F)c3)C2)CC1. The molecule has 26 heavy (non-hydrogen) atoms. The van der Waals surface area contributed by atoms with Crippen molar-refractivity contribution in [3.63, 3.8) is 0 Å². The van der Waals surface area contributed by atoms with Gasteiger partial charge in [-0.1, -0.05) is 0 Å². The normalized spacial score (nSPS) is 21.3. The highest BCUT2D eigenvalue weighted by Gasteiger charge is 2.26. The van der Waals surface area contributed by atoms with E-state index in [0.717, 1.165) is 51.5 Å². The number of nitrogens with one attached hydrogen (secondary N) is 1. The van der Waals surface area contributed by atoms with E-state index in [9.17, 15) is 13.6 Å². The number of carbonyl (C=O) groups excluding carboxylic acids is 1. The van der Waals surface area contributed by atoms with Crippen LogP contribution in [0.15, 0.2) is 18.2 Å². The summed E-state index contributed by atoms with van der Waals surface area (Å²) >= 11 is 0. The van der Waals surface area contributed by atoms with Crippen LogP contribution in [-0.2, 0) is 4.74 Å². The lowest BCUT2D eigenvalue weighted by atomic mass is 10.1. The monoisotopic (exact) mass is 367 g/mol. The molecule has 1 aromatic rings. The molecule has 1 atom stereocenters. The molecule has 3 rings (SSSR count). The van der Waals surface area contributed by atoms with Crippen LogP contribution in [0.5, 0.6) is 0 Å². The van der Waals surface area contributed by atoms with Crippen molar-refractivity contribution in [2.75, 3.05) is 44.2 Å². The van der Waals surface area contributed by atoms with Gasteiger partial charge in [-0.05, 0) is 44.2 Å². The molecule has 1 aromatic carbocycles. The predicted octanol–water partition coefficient (Wildman–Crippen LogP) is 3.00. The summed E-state index contributed by atoms with van der Waals surface area (Å²) in [6, 6.07) is 3.97. The Labute approximate surface area is 153 Å². The lowest BCUT2D eigenvalue weighted by Gasteiger charge is -2.32. The predicted molar refractivity (Wildman–Crippen MR) is 96.3 cm³/mol. The van der Waals surface area contributed by atoms with E-state index in [1.165, 1.54) is 6.07 Å². The molecule has 0 radical (unpaired) electrons. The number of nitrogens with zero attached hydrogens (tertiary/aromatic N) is 2. The minimum Gasteiger partial charge on any atom is -0.378 e. The number of urea groups is 1. The molecular weight excluding hydrogens is 340 g/mol. The van der Waals surface area contributed by atoms with E-state index in [4.69, 9.17) is 4.74 Å². The van der Waals surface area contributed by atoms with E-state index < -0.39 is 11.6 Å². The number of carbonyl (C=O) groups is 1. The van der Waals surface area contributed by atoms with E-state index in [1.54, 1.807) is 6.07 Å². The molecule has 144 valence electrons. The van der Waals surface area contributed by atoms with Gasteiger partial charge in [-0.2, -0.15) is 0 Å². The number of piperidine rings is 1. The van der Waals surface area contributed by atoms with Gasteiger partial charge >= 0.3 is 6.03 Å². The zero-order valence-electron chi connectivity index (χ0n) is 15.2. The number of halogens is 2. The summed E-state index contributed by atoms with van der Waals surface area (Å²) in [5.41, 5.74) is 0.690. The number of ether oxygens (including phenoxy) is 1. The maximum absolute atomic E-state index is 13.4. The highest BCUT2D eigenvalue weighted by atomic mass is 19.2. The van der Waals surface area contributed by atoms with Gasteiger partial charge < -0.3 is 19.9 Å². The first kappa shape index (κ1) is 18.9. The van der Waals surface area contributed by atoms with Crippen LogP contribution in [0.1, 0.15) is 26.2 Å². The molecule has 2 aliphatic rings. The average Bonchev–Trinajstić information content (AvgIpc) is 3.12. The van der Waals surface area contributed by atoms with Crippen molar-refractivity contribution in [3.05, 3.63) is 29.8 Å². The van der Waals surface area contributed by atoms with Gasteiger partial charge in [0, 0.05) is 51.1 Å². The van der Waals surface area contributed by atoms with Crippen molar-refractivity contribution in [2.24, 2.45) is 5.92 Å². The van der Waals surface area contributed by atoms with Gasteiger partial charge in [0.25, 0.3) is 0 Å². The van der Waals surface area contributed by atoms with Crippen molar-refractivity contribution < 1.29 is 18.3 Å². The summed E-state index contributed by atoms with van der Waals surface area (Å²) in [5.74, 6) is -1.34. The molecule has 2 heterocycles. The maximum Gasteiger partial charge on any atom is 0.317 e. The third-order valence-electron chi connectivity index (χ3n) is 5.23. The van der Waals surface area contributed by atoms with Gasteiger partial charge in [-0.15, -0.1) is 0 Å². The third-order valence-corrected chi connectivity index (χ3v) is 5.23. The van der Waals surface area contributed by atoms with E-state index >= 15 is 0 Å². The van der Waals surface area contributed by atoms with Crippen molar-refractivity contribution in [1.82, 2.24) is 10.2 Å². The molecule has 7 heteroatoms. The number of hydrogen-bond donors (Lipinski definition) is 1. The molecule has 1 N–H and O–H groups in total.